The third-order valence-electron chi connectivity index (χ3n) is 3.80. The molecule has 0 saturated carbocycles. The molecule has 1 amide bonds. The molecule has 0 unspecified atom stereocenters. The van der Waals surface area contributed by atoms with Crippen molar-refractivity contribution < 1.29 is 19.2 Å². The molecule has 0 aliphatic heterocycles. The van der Waals surface area contributed by atoms with E-state index in [9.17, 15) is 9.90 Å². The van der Waals surface area contributed by atoms with Crippen LogP contribution in [0.25, 0.3) is 11.3 Å². The minimum atomic E-state index is -0.467. The summed E-state index contributed by atoms with van der Waals surface area (Å²) in [6.07, 6.45) is 1.32. The molecular formula is C19H16BrN3O4. The maximum atomic E-state index is 12.6. The van der Waals surface area contributed by atoms with E-state index in [-0.39, 0.29) is 5.75 Å². The number of phenolic OH excluding ortho intramolecular Hbond substituents is 1. The first kappa shape index (κ1) is 18.7. The minimum Gasteiger partial charge on any atom is -0.504 e. The molecule has 3 rings (SSSR count). The minimum absolute atomic E-state index is 0.0789. The first-order chi connectivity index (χ1) is 13.0. The van der Waals surface area contributed by atoms with Crippen LogP contribution in [-0.4, -0.2) is 29.5 Å². The molecule has 0 fully saturated rings. The maximum absolute atomic E-state index is 12.6. The van der Waals surface area contributed by atoms with E-state index in [2.05, 4.69) is 31.6 Å². The quantitative estimate of drug-likeness (QED) is 0.473. The van der Waals surface area contributed by atoms with Crippen LogP contribution in [0.3, 0.4) is 0 Å². The Morgan fingerprint density at radius 2 is 2.07 bits per heavy atom. The Bertz CT molecular complexity index is 1000. The van der Waals surface area contributed by atoms with Gasteiger partial charge in [-0.3, -0.25) is 4.79 Å². The van der Waals surface area contributed by atoms with E-state index >= 15 is 0 Å². The van der Waals surface area contributed by atoms with Crippen LogP contribution in [-0.2, 0) is 0 Å². The number of nitrogens with zero attached hydrogens (tertiary/aromatic N) is 2. The molecule has 27 heavy (non-hydrogen) atoms. The Morgan fingerprint density at radius 3 is 2.78 bits per heavy atom. The summed E-state index contributed by atoms with van der Waals surface area (Å²) in [7, 11) is 1.45. The molecule has 0 saturated heterocycles. The molecule has 1 aromatic heterocycles. The number of aryl methyl sites for hydroxylation is 1. The molecule has 7 nitrogen and oxygen atoms in total. The lowest BCUT2D eigenvalue weighted by Gasteiger charge is -2.06. The number of halogens is 1. The highest BCUT2D eigenvalue weighted by atomic mass is 79.9. The van der Waals surface area contributed by atoms with Crippen molar-refractivity contribution in [1.29, 1.82) is 0 Å². The van der Waals surface area contributed by atoms with E-state index in [1.54, 1.807) is 19.1 Å². The number of aromatic hydroxyl groups is 1. The van der Waals surface area contributed by atoms with Gasteiger partial charge < -0.3 is 14.4 Å². The van der Waals surface area contributed by atoms with Crippen molar-refractivity contribution in [2.75, 3.05) is 7.11 Å². The van der Waals surface area contributed by atoms with Crippen molar-refractivity contribution in [3.63, 3.8) is 0 Å². The van der Waals surface area contributed by atoms with Crippen molar-refractivity contribution in [3.05, 3.63) is 63.8 Å². The van der Waals surface area contributed by atoms with Gasteiger partial charge in [0.1, 0.15) is 17.0 Å². The summed E-state index contributed by atoms with van der Waals surface area (Å²) in [5, 5.41) is 18.0. The van der Waals surface area contributed by atoms with Crippen LogP contribution in [0.5, 0.6) is 11.5 Å². The van der Waals surface area contributed by atoms with Crippen molar-refractivity contribution >= 4 is 28.1 Å². The van der Waals surface area contributed by atoms with Gasteiger partial charge in [-0.1, -0.05) is 51.4 Å². The molecular weight excluding hydrogens is 414 g/mol. The number of ether oxygens (including phenoxy) is 1. The molecule has 0 bridgehead atoms. The van der Waals surface area contributed by atoms with Gasteiger partial charge in [0.05, 0.1) is 13.3 Å². The van der Waals surface area contributed by atoms with Crippen LogP contribution in [0, 0.1) is 6.92 Å². The Balaban J connectivity index is 1.83. The van der Waals surface area contributed by atoms with E-state index < -0.39 is 5.91 Å². The monoisotopic (exact) mass is 429 g/mol. The molecule has 2 aromatic carbocycles. The highest BCUT2D eigenvalue weighted by Crippen LogP contribution is 2.32. The van der Waals surface area contributed by atoms with Gasteiger partial charge in [-0.2, -0.15) is 5.10 Å². The van der Waals surface area contributed by atoms with Gasteiger partial charge in [0, 0.05) is 15.6 Å². The first-order valence-electron chi connectivity index (χ1n) is 7.93. The van der Waals surface area contributed by atoms with E-state index in [1.807, 2.05) is 30.3 Å². The van der Waals surface area contributed by atoms with Crippen molar-refractivity contribution in [3.8, 4) is 22.8 Å². The zero-order chi connectivity index (χ0) is 19.4. The fraction of sp³-hybridized carbons (Fsp3) is 0.105. The molecule has 1 heterocycles. The number of phenols is 1. The van der Waals surface area contributed by atoms with Crippen LogP contribution in [0.15, 0.2) is 56.6 Å². The number of carbonyl (C=O) groups is 1. The summed E-state index contributed by atoms with van der Waals surface area (Å²) in [4.78, 5) is 12.6. The third kappa shape index (κ3) is 4.01. The van der Waals surface area contributed by atoms with Crippen LogP contribution in [0.2, 0.25) is 0 Å². The first-order valence-corrected chi connectivity index (χ1v) is 8.72. The lowest BCUT2D eigenvalue weighted by molar-refractivity contribution is 0.0954. The van der Waals surface area contributed by atoms with Gasteiger partial charge in [0.15, 0.2) is 11.5 Å². The lowest BCUT2D eigenvalue weighted by atomic mass is 10.1. The number of hydrogen-bond acceptors (Lipinski definition) is 6. The zero-order valence-electron chi connectivity index (χ0n) is 14.6. The highest BCUT2D eigenvalue weighted by molar-refractivity contribution is 9.10. The maximum Gasteiger partial charge on any atom is 0.277 e. The van der Waals surface area contributed by atoms with Crippen molar-refractivity contribution in [2.45, 2.75) is 6.92 Å². The van der Waals surface area contributed by atoms with Crippen LogP contribution in [0.1, 0.15) is 21.7 Å². The van der Waals surface area contributed by atoms with Crippen molar-refractivity contribution in [2.24, 2.45) is 5.10 Å². The second-order valence-electron chi connectivity index (χ2n) is 5.57. The second-order valence-corrected chi connectivity index (χ2v) is 6.49. The van der Waals surface area contributed by atoms with E-state index in [0.717, 1.165) is 5.56 Å². The van der Waals surface area contributed by atoms with Gasteiger partial charge in [0.2, 0.25) is 0 Å². The number of amides is 1. The van der Waals surface area contributed by atoms with E-state index in [0.29, 0.717) is 32.8 Å². The van der Waals surface area contributed by atoms with E-state index in [4.69, 9.17) is 9.26 Å². The molecule has 0 atom stereocenters. The van der Waals surface area contributed by atoms with Gasteiger partial charge in [-0.05, 0) is 19.1 Å². The zero-order valence-corrected chi connectivity index (χ0v) is 16.1. The Hall–Kier alpha value is -3.13. The SMILES string of the molecule is COc1cc(Br)cc(/C=N\NC(=O)c2c(-c3ccccc3)noc2C)c1O. The number of carbonyl (C=O) groups excluding carboxylic acids is 1. The van der Waals surface area contributed by atoms with Crippen molar-refractivity contribution in [1.82, 2.24) is 10.6 Å². The Kier molecular flexibility index (Phi) is 5.56. The molecule has 138 valence electrons. The lowest BCUT2D eigenvalue weighted by Crippen LogP contribution is -2.18. The van der Waals surface area contributed by atoms with Gasteiger partial charge in [-0.25, -0.2) is 5.43 Å². The molecule has 2 N–H and O–H groups in total. The van der Waals surface area contributed by atoms with Crippen LogP contribution in [0.4, 0.5) is 0 Å². The number of rotatable bonds is 5. The average molecular weight is 430 g/mol. The number of benzene rings is 2. The standard InChI is InChI=1S/C19H16BrN3O4/c1-11-16(17(23-27-11)12-6-4-3-5-7-12)19(25)22-21-10-13-8-14(20)9-15(26-2)18(13)24/h3-10,24H,1-2H3,(H,22,25)/b21-10-. The summed E-state index contributed by atoms with van der Waals surface area (Å²) >= 11 is 3.32. The average Bonchev–Trinajstić information content (AvgIpc) is 3.06. The number of nitrogens with one attached hydrogen (secondary N) is 1. The fourth-order valence-electron chi connectivity index (χ4n) is 2.50. The number of methoxy groups -OCH3 is 1. The molecule has 0 aliphatic carbocycles. The molecule has 0 spiro atoms. The number of aromatic nitrogens is 1. The molecule has 8 heteroatoms. The van der Waals surface area contributed by atoms with Gasteiger partial charge in [-0.15, -0.1) is 0 Å². The highest BCUT2D eigenvalue weighted by Gasteiger charge is 2.21. The fourth-order valence-corrected chi connectivity index (χ4v) is 2.95. The normalized spacial score (nSPS) is 10.9. The van der Waals surface area contributed by atoms with Gasteiger partial charge in [0.25, 0.3) is 5.91 Å². The summed E-state index contributed by atoms with van der Waals surface area (Å²) in [5.74, 6) is 0.127. The largest absolute Gasteiger partial charge is 0.504 e. The molecule has 0 aliphatic rings. The number of hydrogen-bond donors (Lipinski definition) is 2. The summed E-state index contributed by atoms with van der Waals surface area (Å²) in [6, 6.07) is 12.5. The Morgan fingerprint density at radius 1 is 1.33 bits per heavy atom. The van der Waals surface area contributed by atoms with Gasteiger partial charge >= 0.3 is 0 Å². The smallest absolute Gasteiger partial charge is 0.277 e. The van der Waals surface area contributed by atoms with Crippen LogP contribution < -0.4 is 10.2 Å². The summed E-state index contributed by atoms with van der Waals surface area (Å²) < 4.78 is 11.0. The van der Waals surface area contributed by atoms with Crippen LogP contribution >= 0.6 is 15.9 Å². The predicted octanol–water partition coefficient (Wildman–Crippen LogP) is 3.89. The van der Waals surface area contributed by atoms with E-state index in [1.165, 1.54) is 13.3 Å². The second kappa shape index (κ2) is 8.05. The molecule has 3 aromatic rings. The topological polar surface area (TPSA) is 97.0 Å². The predicted molar refractivity (Wildman–Crippen MR) is 104 cm³/mol. The number of hydrazone groups is 1. The summed E-state index contributed by atoms with van der Waals surface area (Å²) in [5.41, 5.74) is 4.31. The third-order valence-corrected chi connectivity index (χ3v) is 4.25. The summed E-state index contributed by atoms with van der Waals surface area (Å²) in [6.45, 7) is 1.66. The molecule has 0 radical (unpaired) electrons. The Labute approximate surface area is 163 Å².